The molecule has 1 aromatic carbocycles. The van der Waals surface area contributed by atoms with Crippen molar-refractivity contribution in [2.24, 2.45) is 0 Å². The van der Waals surface area contributed by atoms with Crippen molar-refractivity contribution in [3.8, 4) is 6.07 Å². The fourth-order valence-electron chi connectivity index (χ4n) is 0.883. The Kier molecular flexibility index (Phi) is 3.23. The van der Waals surface area contributed by atoms with Crippen LogP contribution >= 0.6 is 31.9 Å². The summed E-state index contributed by atoms with van der Waals surface area (Å²) in [6.45, 7) is 1.49. The van der Waals surface area contributed by atoms with Crippen LogP contribution in [-0.4, -0.2) is 5.78 Å². The minimum absolute atomic E-state index is 0.0223. The number of carbonyl (C=O) groups excluding carboxylic acids is 1. The highest BCUT2D eigenvalue weighted by Crippen LogP contribution is 2.26. The standard InChI is InChI=1S/C9H5Br2NO/c1-5(13)6-2-8(10)7(4-12)9(11)3-6/h2-3H,1H3. The van der Waals surface area contributed by atoms with Gasteiger partial charge in [-0.05, 0) is 50.9 Å². The molecule has 0 fully saturated rings. The lowest BCUT2D eigenvalue weighted by Gasteiger charge is -2.01. The molecule has 0 radical (unpaired) electrons. The number of Topliss-reactive ketones (excluding diaryl/α,β-unsaturated/α-hetero) is 1. The number of ketones is 1. The summed E-state index contributed by atoms with van der Waals surface area (Å²) < 4.78 is 1.27. The van der Waals surface area contributed by atoms with Crippen molar-refractivity contribution in [3.05, 3.63) is 32.2 Å². The van der Waals surface area contributed by atoms with Gasteiger partial charge in [0.05, 0.1) is 5.56 Å². The third kappa shape index (κ3) is 2.17. The zero-order valence-electron chi connectivity index (χ0n) is 6.77. The van der Waals surface area contributed by atoms with Crippen molar-refractivity contribution in [2.75, 3.05) is 0 Å². The molecule has 0 aliphatic carbocycles. The van der Waals surface area contributed by atoms with Crippen LogP contribution in [0.4, 0.5) is 0 Å². The quantitative estimate of drug-likeness (QED) is 0.747. The Labute approximate surface area is 92.8 Å². The van der Waals surface area contributed by atoms with Gasteiger partial charge in [0.25, 0.3) is 0 Å². The third-order valence-corrected chi connectivity index (χ3v) is 2.81. The third-order valence-electron chi connectivity index (χ3n) is 1.56. The van der Waals surface area contributed by atoms with Crippen LogP contribution in [0.2, 0.25) is 0 Å². The average molecular weight is 303 g/mol. The van der Waals surface area contributed by atoms with Crippen molar-refractivity contribution in [2.45, 2.75) is 6.92 Å². The van der Waals surface area contributed by atoms with Crippen LogP contribution in [0.3, 0.4) is 0 Å². The molecule has 0 amide bonds. The molecule has 0 aromatic heterocycles. The van der Waals surface area contributed by atoms with E-state index in [1.54, 1.807) is 12.1 Å². The number of hydrogen-bond acceptors (Lipinski definition) is 2. The summed E-state index contributed by atoms with van der Waals surface area (Å²) in [7, 11) is 0. The first kappa shape index (κ1) is 10.4. The van der Waals surface area contributed by atoms with E-state index in [0.717, 1.165) is 0 Å². The molecule has 0 N–H and O–H groups in total. The van der Waals surface area contributed by atoms with Gasteiger partial charge < -0.3 is 0 Å². The van der Waals surface area contributed by atoms with E-state index in [1.165, 1.54) is 6.92 Å². The van der Waals surface area contributed by atoms with E-state index in [-0.39, 0.29) is 5.78 Å². The Hall–Kier alpha value is -0.660. The van der Waals surface area contributed by atoms with Crippen LogP contribution in [0, 0.1) is 11.3 Å². The van der Waals surface area contributed by atoms with Crippen molar-refractivity contribution in [1.82, 2.24) is 0 Å². The van der Waals surface area contributed by atoms with Crippen molar-refractivity contribution in [1.29, 1.82) is 5.26 Å². The van der Waals surface area contributed by atoms with E-state index in [4.69, 9.17) is 5.26 Å². The number of hydrogen-bond donors (Lipinski definition) is 0. The zero-order valence-corrected chi connectivity index (χ0v) is 9.94. The van der Waals surface area contributed by atoms with Crippen molar-refractivity contribution >= 4 is 37.6 Å². The van der Waals surface area contributed by atoms with Gasteiger partial charge in [-0.25, -0.2) is 0 Å². The average Bonchev–Trinajstić information content (AvgIpc) is 2.03. The van der Waals surface area contributed by atoms with Crippen LogP contribution in [0.1, 0.15) is 22.8 Å². The van der Waals surface area contributed by atoms with Crippen LogP contribution in [-0.2, 0) is 0 Å². The number of carbonyl (C=O) groups is 1. The predicted molar refractivity (Wildman–Crippen MR) is 56.6 cm³/mol. The van der Waals surface area contributed by atoms with E-state index in [1.807, 2.05) is 6.07 Å². The smallest absolute Gasteiger partial charge is 0.159 e. The molecular formula is C9H5Br2NO. The maximum Gasteiger partial charge on any atom is 0.159 e. The van der Waals surface area contributed by atoms with Crippen LogP contribution in [0.25, 0.3) is 0 Å². The van der Waals surface area contributed by atoms with E-state index < -0.39 is 0 Å². The first-order valence-electron chi connectivity index (χ1n) is 3.46. The lowest BCUT2D eigenvalue weighted by Crippen LogP contribution is -1.93. The Bertz CT molecular complexity index is 384. The van der Waals surface area contributed by atoms with Gasteiger partial charge in [-0.2, -0.15) is 5.26 Å². The van der Waals surface area contributed by atoms with Crippen molar-refractivity contribution in [3.63, 3.8) is 0 Å². The maximum atomic E-state index is 11.0. The van der Waals surface area contributed by atoms with E-state index in [0.29, 0.717) is 20.1 Å². The Morgan fingerprint density at radius 1 is 1.38 bits per heavy atom. The number of benzene rings is 1. The SMILES string of the molecule is CC(=O)c1cc(Br)c(C#N)c(Br)c1. The molecule has 0 saturated heterocycles. The van der Waals surface area contributed by atoms with Gasteiger partial charge in [0.1, 0.15) is 6.07 Å². The van der Waals surface area contributed by atoms with Crippen LogP contribution < -0.4 is 0 Å². The summed E-state index contributed by atoms with van der Waals surface area (Å²) >= 11 is 6.44. The molecule has 0 atom stereocenters. The molecule has 0 heterocycles. The van der Waals surface area contributed by atoms with E-state index in [9.17, 15) is 4.79 Å². The molecule has 13 heavy (non-hydrogen) atoms. The van der Waals surface area contributed by atoms with Gasteiger partial charge in [0.15, 0.2) is 5.78 Å². The monoisotopic (exact) mass is 301 g/mol. The summed E-state index contributed by atoms with van der Waals surface area (Å²) in [6, 6.07) is 5.31. The lowest BCUT2D eigenvalue weighted by atomic mass is 10.1. The Morgan fingerprint density at radius 2 is 1.85 bits per heavy atom. The van der Waals surface area contributed by atoms with Gasteiger partial charge in [-0.15, -0.1) is 0 Å². The van der Waals surface area contributed by atoms with Gasteiger partial charge in [0.2, 0.25) is 0 Å². The van der Waals surface area contributed by atoms with Crippen LogP contribution in [0.15, 0.2) is 21.1 Å². The van der Waals surface area contributed by atoms with Gasteiger partial charge >= 0.3 is 0 Å². The molecule has 2 nitrogen and oxygen atoms in total. The minimum atomic E-state index is -0.0223. The Morgan fingerprint density at radius 3 is 2.15 bits per heavy atom. The van der Waals surface area contributed by atoms with Gasteiger partial charge in [0, 0.05) is 14.5 Å². The molecule has 0 unspecified atom stereocenters. The summed E-state index contributed by atoms with van der Waals surface area (Å²) in [4.78, 5) is 11.0. The normalized spacial score (nSPS) is 9.38. The van der Waals surface area contributed by atoms with Gasteiger partial charge in [-0.3, -0.25) is 4.79 Å². The molecule has 0 aliphatic heterocycles. The van der Waals surface area contributed by atoms with E-state index in [2.05, 4.69) is 31.9 Å². The maximum absolute atomic E-state index is 11.0. The number of nitrogens with zero attached hydrogens (tertiary/aromatic N) is 1. The number of rotatable bonds is 1. The zero-order chi connectivity index (χ0) is 10.0. The molecule has 66 valence electrons. The van der Waals surface area contributed by atoms with E-state index >= 15 is 0 Å². The summed E-state index contributed by atoms with van der Waals surface area (Å²) in [5.74, 6) is -0.0223. The second-order valence-electron chi connectivity index (χ2n) is 2.48. The largest absolute Gasteiger partial charge is 0.295 e. The van der Waals surface area contributed by atoms with Crippen molar-refractivity contribution < 1.29 is 4.79 Å². The number of halogens is 2. The van der Waals surface area contributed by atoms with Crippen LogP contribution in [0.5, 0.6) is 0 Å². The molecule has 1 aromatic rings. The molecular weight excluding hydrogens is 298 g/mol. The molecule has 0 bridgehead atoms. The molecule has 4 heteroatoms. The fourth-order valence-corrected chi connectivity index (χ4v) is 2.25. The highest BCUT2D eigenvalue weighted by atomic mass is 79.9. The highest BCUT2D eigenvalue weighted by molar-refractivity contribution is 9.11. The summed E-state index contributed by atoms with van der Waals surface area (Å²) in [6.07, 6.45) is 0. The lowest BCUT2D eigenvalue weighted by molar-refractivity contribution is 0.101. The summed E-state index contributed by atoms with van der Waals surface area (Å²) in [5.41, 5.74) is 1.09. The first-order valence-corrected chi connectivity index (χ1v) is 5.05. The molecule has 0 aliphatic rings. The molecule has 1 rings (SSSR count). The number of nitriles is 1. The Balaban J connectivity index is 3.39. The highest BCUT2D eigenvalue weighted by Gasteiger charge is 2.08. The second kappa shape index (κ2) is 4.03. The molecule has 0 saturated carbocycles. The second-order valence-corrected chi connectivity index (χ2v) is 4.19. The van der Waals surface area contributed by atoms with Gasteiger partial charge in [-0.1, -0.05) is 0 Å². The first-order chi connectivity index (χ1) is 6.06. The minimum Gasteiger partial charge on any atom is -0.295 e. The predicted octanol–water partition coefficient (Wildman–Crippen LogP) is 3.29. The summed E-state index contributed by atoms with van der Waals surface area (Å²) in [5, 5.41) is 8.73. The molecule has 0 spiro atoms. The fraction of sp³-hybridized carbons (Fsp3) is 0.111. The topological polar surface area (TPSA) is 40.9 Å².